The van der Waals surface area contributed by atoms with E-state index < -0.39 is 0 Å². The van der Waals surface area contributed by atoms with Gasteiger partial charge in [-0.25, -0.2) is 0 Å². The first-order valence-electron chi connectivity index (χ1n) is 7.89. The molecule has 1 fully saturated rings. The highest BCUT2D eigenvalue weighted by Gasteiger charge is 2.22. The maximum atomic E-state index is 12.3. The fourth-order valence-corrected chi connectivity index (χ4v) is 3.50. The summed E-state index contributed by atoms with van der Waals surface area (Å²) in [5.41, 5.74) is 0.966. The van der Waals surface area contributed by atoms with E-state index in [4.69, 9.17) is 4.52 Å². The molecule has 0 aromatic carbocycles. The number of amides is 1. The number of likely N-dealkylation sites (tertiary alicyclic amines) is 1. The Bertz CT molecular complexity index is 609. The number of carbonyl (C=O) groups is 1. The number of aromatic nitrogens is 2. The van der Waals surface area contributed by atoms with Crippen LogP contribution in [0.1, 0.15) is 38.5 Å². The van der Waals surface area contributed by atoms with E-state index >= 15 is 0 Å². The van der Waals surface area contributed by atoms with Crippen molar-refractivity contribution in [1.29, 1.82) is 0 Å². The van der Waals surface area contributed by atoms with Crippen LogP contribution in [0.2, 0.25) is 0 Å². The molecule has 1 atom stereocenters. The SMILES string of the molecule is CC[C@H]1CCCN(C(=O)CCc2nc(-c3ccsc3)no2)C1. The Balaban J connectivity index is 1.53. The summed E-state index contributed by atoms with van der Waals surface area (Å²) in [5.74, 6) is 2.01. The molecule has 0 spiro atoms. The summed E-state index contributed by atoms with van der Waals surface area (Å²) in [6, 6.07) is 1.96. The normalized spacial score (nSPS) is 18.6. The van der Waals surface area contributed by atoms with Crippen molar-refractivity contribution in [2.75, 3.05) is 13.1 Å². The monoisotopic (exact) mass is 319 g/mol. The average molecular weight is 319 g/mol. The molecule has 1 aliphatic heterocycles. The zero-order chi connectivity index (χ0) is 15.4. The predicted molar refractivity (Wildman–Crippen MR) is 85.5 cm³/mol. The Hall–Kier alpha value is -1.69. The Labute approximate surface area is 134 Å². The predicted octanol–water partition coefficient (Wildman–Crippen LogP) is 3.38. The molecule has 1 aliphatic rings. The highest BCUT2D eigenvalue weighted by atomic mass is 32.1. The molecule has 0 bridgehead atoms. The number of rotatable bonds is 5. The second-order valence-corrected chi connectivity index (χ2v) is 6.56. The second kappa shape index (κ2) is 7.05. The number of hydrogen-bond acceptors (Lipinski definition) is 5. The van der Waals surface area contributed by atoms with Crippen molar-refractivity contribution in [3.05, 3.63) is 22.7 Å². The van der Waals surface area contributed by atoms with E-state index in [1.54, 1.807) is 11.3 Å². The molecule has 2 aromatic rings. The van der Waals surface area contributed by atoms with E-state index in [9.17, 15) is 4.79 Å². The van der Waals surface area contributed by atoms with Crippen LogP contribution in [0.3, 0.4) is 0 Å². The summed E-state index contributed by atoms with van der Waals surface area (Å²) in [5, 5.41) is 7.94. The molecule has 0 aliphatic carbocycles. The molecule has 6 heteroatoms. The van der Waals surface area contributed by atoms with Gasteiger partial charge in [-0.05, 0) is 30.2 Å². The van der Waals surface area contributed by atoms with E-state index in [0.717, 1.165) is 31.5 Å². The lowest BCUT2D eigenvalue weighted by Gasteiger charge is -2.32. The summed E-state index contributed by atoms with van der Waals surface area (Å²) in [6.45, 7) is 3.99. The molecule has 2 aromatic heterocycles. The smallest absolute Gasteiger partial charge is 0.227 e. The number of carbonyl (C=O) groups excluding carboxylic acids is 1. The average Bonchev–Trinajstić information content (AvgIpc) is 3.23. The third-order valence-corrected chi connectivity index (χ3v) is 4.93. The van der Waals surface area contributed by atoms with Crippen LogP contribution in [0.25, 0.3) is 11.4 Å². The van der Waals surface area contributed by atoms with Gasteiger partial charge in [0, 0.05) is 36.9 Å². The van der Waals surface area contributed by atoms with Crippen LogP contribution in [-0.2, 0) is 11.2 Å². The van der Waals surface area contributed by atoms with Crippen LogP contribution in [0.4, 0.5) is 0 Å². The zero-order valence-corrected chi connectivity index (χ0v) is 13.6. The van der Waals surface area contributed by atoms with Gasteiger partial charge in [0.2, 0.25) is 17.6 Å². The van der Waals surface area contributed by atoms with Crippen molar-refractivity contribution in [1.82, 2.24) is 15.0 Å². The molecule has 3 heterocycles. The minimum absolute atomic E-state index is 0.202. The number of hydrogen-bond donors (Lipinski definition) is 0. The molecule has 118 valence electrons. The van der Waals surface area contributed by atoms with Crippen molar-refractivity contribution in [3.63, 3.8) is 0 Å². The largest absolute Gasteiger partial charge is 0.342 e. The Morgan fingerprint density at radius 3 is 3.23 bits per heavy atom. The van der Waals surface area contributed by atoms with Gasteiger partial charge in [0.05, 0.1) is 0 Å². The quantitative estimate of drug-likeness (QED) is 0.847. The number of aryl methyl sites for hydroxylation is 1. The number of piperidine rings is 1. The minimum atomic E-state index is 0.202. The molecule has 5 nitrogen and oxygen atoms in total. The van der Waals surface area contributed by atoms with Crippen LogP contribution in [0.15, 0.2) is 21.3 Å². The fourth-order valence-electron chi connectivity index (χ4n) is 2.86. The van der Waals surface area contributed by atoms with E-state index in [-0.39, 0.29) is 5.91 Å². The summed E-state index contributed by atoms with van der Waals surface area (Å²) in [4.78, 5) is 18.7. The standard InChI is InChI=1S/C16H21N3O2S/c1-2-12-4-3-8-19(10-12)15(20)6-5-14-17-16(18-21-14)13-7-9-22-11-13/h7,9,11-12H,2-6,8,10H2,1H3/t12-/m0/s1. The van der Waals surface area contributed by atoms with Gasteiger partial charge in [-0.1, -0.05) is 18.5 Å². The minimum Gasteiger partial charge on any atom is -0.342 e. The molecule has 1 saturated heterocycles. The summed E-state index contributed by atoms with van der Waals surface area (Å²) in [6.07, 6.45) is 4.48. The number of thiophene rings is 1. The molecule has 22 heavy (non-hydrogen) atoms. The molecular formula is C16H21N3O2S. The Morgan fingerprint density at radius 2 is 2.45 bits per heavy atom. The van der Waals surface area contributed by atoms with E-state index in [0.29, 0.717) is 30.5 Å². The van der Waals surface area contributed by atoms with Crippen molar-refractivity contribution < 1.29 is 9.32 Å². The highest BCUT2D eigenvalue weighted by molar-refractivity contribution is 7.08. The summed E-state index contributed by atoms with van der Waals surface area (Å²) in [7, 11) is 0. The zero-order valence-electron chi connectivity index (χ0n) is 12.8. The topological polar surface area (TPSA) is 59.2 Å². The van der Waals surface area contributed by atoms with Gasteiger partial charge in [0.25, 0.3) is 0 Å². The van der Waals surface area contributed by atoms with Crippen LogP contribution >= 0.6 is 11.3 Å². The maximum absolute atomic E-state index is 12.3. The molecule has 0 unspecified atom stereocenters. The lowest BCUT2D eigenvalue weighted by molar-refractivity contribution is -0.133. The van der Waals surface area contributed by atoms with Gasteiger partial charge in [-0.3, -0.25) is 4.79 Å². The molecule has 0 saturated carbocycles. The van der Waals surface area contributed by atoms with Gasteiger partial charge in [0.15, 0.2) is 0 Å². The van der Waals surface area contributed by atoms with Crippen molar-refractivity contribution in [3.8, 4) is 11.4 Å². The summed E-state index contributed by atoms with van der Waals surface area (Å²) < 4.78 is 5.24. The van der Waals surface area contributed by atoms with Crippen molar-refractivity contribution in [2.24, 2.45) is 5.92 Å². The van der Waals surface area contributed by atoms with E-state index in [1.807, 2.05) is 21.7 Å². The second-order valence-electron chi connectivity index (χ2n) is 5.78. The van der Waals surface area contributed by atoms with Crippen LogP contribution < -0.4 is 0 Å². The lowest BCUT2D eigenvalue weighted by Crippen LogP contribution is -2.39. The Morgan fingerprint density at radius 1 is 1.55 bits per heavy atom. The molecule has 3 rings (SSSR count). The maximum Gasteiger partial charge on any atom is 0.227 e. The van der Waals surface area contributed by atoms with Crippen LogP contribution in [-0.4, -0.2) is 34.0 Å². The third kappa shape index (κ3) is 3.55. The lowest BCUT2D eigenvalue weighted by atomic mass is 9.95. The Kier molecular flexibility index (Phi) is 4.87. The third-order valence-electron chi connectivity index (χ3n) is 4.25. The van der Waals surface area contributed by atoms with Crippen LogP contribution in [0, 0.1) is 5.92 Å². The van der Waals surface area contributed by atoms with Crippen LogP contribution in [0.5, 0.6) is 0 Å². The van der Waals surface area contributed by atoms with Gasteiger partial charge in [-0.2, -0.15) is 16.3 Å². The van der Waals surface area contributed by atoms with E-state index in [2.05, 4.69) is 17.1 Å². The van der Waals surface area contributed by atoms with E-state index in [1.165, 1.54) is 6.42 Å². The van der Waals surface area contributed by atoms with Gasteiger partial charge >= 0.3 is 0 Å². The molecule has 1 amide bonds. The van der Waals surface area contributed by atoms with Crippen molar-refractivity contribution in [2.45, 2.75) is 39.0 Å². The fraction of sp³-hybridized carbons (Fsp3) is 0.562. The molecule has 0 radical (unpaired) electrons. The van der Waals surface area contributed by atoms with Gasteiger partial charge < -0.3 is 9.42 Å². The van der Waals surface area contributed by atoms with Crippen molar-refractivity contribution >= 4 is 17.2 Å². The van der Waals surface area contributed by atoms with Gasteiger partial charge in [0.1, 0.15) is 0 Å². The highest BCUT2D eigenvalue weighted by Crippen LogP contribution is 2.21. The summed E-state index contributed by atoms with van der Waals surface area (Å²) >= 11 is 1.60. The number of nitrogens with zero attached hydrogens (tertiary/aromatic N) is 3. The first kappa shape index (κ1) is 15.2. The first-order valence-corrected chi connectivity index (χ1v) is 8.83. The molecule has 0 N–H and O–H groups in total. The molecular weight excluding hydrogens is 298 g/mol. The first-order chi connectivity index (χ1) is 10.8. The van der Waals surface area contributed by atoms with Gasteiger partial charge in [-0.15, -0.1) is 0 Å².